The van der Waals surface area contributed by atoms with Crippen molar-refractivity contribution >= 4 is 0 Å². The fourth-order valence-corrected chi connectivity index (χ4v) is 3.27. The van der Waals surface area contributed by atoms with E-state index in [4.69, 9.17) is 9.47 Å². The van der Waals surface area contributed by atoms with Crippen LogP contribution in [0.1, 0.15) is 36.5 Å². The molecular weight excluding hydrogens is 401 g/mol. The molecule has 0 N–H and O–H groups in total. The molecule has 0 bridgehead atoms. The Morgan fingerprint density at radius 1 is 0.903 bits per heavy atom. The Hall–Kier alpha value is -3.21. The standard InChI is InChI=1S/C26H25F3O2/c1-3-5-6-18-7-9-19(10-8-18)17-31-21-13-11-20(12-14-21)22-15-16-23(30-4-2)25(27)24(22)26(28)29/h3,7-16,26H,1,4-6,17H2,2H3. The Morgan fingerprint density at radius 3 is 2.19 bits per heavy atom. The molecule has 162 valence electrons. The van der Waals surface area contributed by atoms with E-state index in [0.717, 1.165) is 18.4 Å². The summed E-state index contributed by atoms with van der Waals surface area (Å²) in [6.45, 7) is 5.99. The molecule has 0 unspecified atom stereocenters. The number of alkyl halides is 2. The van der Waals surface area contributed by atoms with Crippen LogP contribution >= 0.6 is 0 Å². The highest BCUT2D eigenvalue weighted by atomic mass is 19.3. The Kier molecular flexibility index (Phi) is 7.76. The van der Waals surface area contributed by atoms with Gasteiger partial charge in [-0.15, -0.1) is 6.58 Å². The molecule has 0 saturated heterocycles. The minimum Gasteiger partial charge on any atom is -0.491 e. The monoisotopic (exact) mass is 426 g/mol. The molecule has 3 aromatic rings. The van der Waals surface area contributed by atoms with Gasteiger partial charge in [-0.05, 0) is 66.3 Å². The molecule has 0 aliphatic rings. The SMILES string of the molecule is C=CCCc1ccc(COc2ccc(-c3ccc(OCC)c(F)c3C(F)F)cc2)cc1. The van der Waals surface area contributed by atoms with E-state index in [1.54, 1.807) is 31.2 Å². The molecule has 3 rings (SSSR count). The molecule has 0 saturated carbocycles. The predicted molar refractivity (Wildman–Crippen MR) is 117 cm³/mol. The van der Waals surface area contributed by atoms with E-state index in [2.05, 4.69) is 18.7 Å². The summed E-state index contributed by atoms with van der Waals surface area (Å²) >= 11 is 0. The molecular formula is C26H25F3O2. The lowest BCUT2D eigenvalue weighted by molar-refractivity contribution is 0.145. The minimum absolute atomic E-state index is 0.137. The van der Waals surface area contributed by atoms with Crippen LogP contribution in [0.4, 0.5) is 13.2 Å². The number of ether oxygens (including phenoxy) is 2. The van der Waals surface area contributed by atoms with Crippen LogP contribution < -0.4 is 9.47 Å². The van der Waals surface area contributed by atoms with E-state index in [1.165, 1.54) is 17.7 Å². The van der Waals surface area contributed by atoms with Gasteiger partial charge in [-0.2, -0.15) is 0 Å². The molecule has 0 amide bonds. The molecule has 0 spiro atoms. The van der Waals surface area contributed by atoms with Crippen molar-refractivity contribution in [2.24, 2.45) is 0 Å². The van der Waals surface area contributed by atoms with Crippen LogP contribution in [0, 0.1) is 5.82 Å². The first-order valence-electron chi connectivity index (χ1n) is 10.2. The molecule has 0 heterocycles. The lowest BCUT2D eigenvalue weighted by atomic mass is 9.99. The van der Waals surface area contributed by atoms with E-state index in [9.17, 15) is 13.2 Å². The first-order valence-corrected chi connectivity index (χ1v) is 10.2. The first kappa shape index (κ1) is 22.5. The van der Waals surface area contributed by atoms with E-state index in [1.807, 2.05) is 18.2 Å². The van der Waals surface area contributed by atoms with Crippen molar-refractivity contribution in [3.8, 4) is 22.6 Å². The van der Waals surface area contributed by atoms with Gasteiger partial charge in [-0.25, -0.2) is 13.2 Å². The zero-order valence-electron chi connectivity index (χ0n) is 17.4. The zero-order chi connectivity index (χ0) is 22.2. The van der Waals surface area contributed by atoms with E-state index in [-0.39, 0.29) is 17.9 Å². The number of rotatable bonds is 10. The molecule has 0 atom stereocenters. The number of hydrogen-bond acceptors (Lipinski definition) is 2. The van der Waals surface area contributed by atoms with Crippen molar-refractivity contribution in [2.75, 3.05) is 6.61 Å². The molecule has 0 aliphatic carbocycles. The molecule has 0 aromatic heterocycles. The van der Waals surface area contributed by atoms with Crippen molar-refractivity contribution in [3.05, 3.63) is 95.8 Å². The molecule has 2 nitrogen and oxygen atoms in total. The van der Waals surface area contributed by atoms with Crippen molar-refractivity contribution in [1.82, 2.24) is 0 Å². The van der Waals surface area contributed by atoms with Crippen LogP contribution in [0.2, 0.25) is 0 Å². The number of hydrogen-bond donors (Lipinski definition) is 0. The summed E-state index contributed by atoms with van der Waals surface area (Å²) in [4.78, 5) is 0. The lowest BCUT2D eigenvalue weighted by Crippen LogP contribution is -2.01. The Morgan fingerprint density at radius 2 is 1.58 bits per heavy atom. The van der Waals surface area contributed by atoms with Crippen LogP contribution in [-0.4, -0.2) is 6.61 Å². The second-order valence-corrected chi connectivity index (χ2v) is 7.03. The maximum atomic E-state index is 14.5. The summed E-state index contributed by atoms with van der Waals surface area (Å²) in [7, 11) is 0. The third-order valence-corrected chi connectivity index (χ3v) is 4.89. The molecule has 0 fully saturated rings. The van der Waals surface area contributed by atoms with Crippen LogP contribution in [0.3, 0.4) is 0 Å². The summed E-state index contributed by atoms with van der Waals surface area (Å²) < 4.78 is 52.5. The Bertz CT molecular complexity index is 996. The van der Waals surface area contributed by atoms with Gasteiger partial charge in [0, 0.05) is 0 Å². The summed E-state index contributed by atoms with van der Waals surface area (Å²) in [6.07, 6.45) is 0.833. The van der Waals surface area contributed by atoms with Gasteiger partial charge in [0.1, 0.15) is 12.4 Å². The lowest BCUT2D eigenvalue weighted by Gasteiger charge is -2.14. The summed E-state index contributed by atoms with van der Waals surface area (Å²) in [5.74, 6) is -0.590. The fourth-order valence-electron chi connectivity index (χ4n) is 3.27. The van der Waals surface area contributed by atoms with E-state index < -0.39 is 17.8 Å². The molecule has 31 heavy (non-hydrogen) atoms. The largest absolute Gasteiger partial charge is 0.491 e. The average Bonchev–Trinajstić information content (AvgIpc) is 2.78. The van der Waals surface area contributed by atoms with E-state index >= 15 is 0 Å². The van der Waals surface area contributed by atoms with Crippen molar-refractivity contribution < 1.29 is 22.6 Å². The number of aryl methyl sites for hydroxylation is 1. The van der Waals surface area contributed by atoms with Gasteiger partial charge in [0.25, 0.3) is 6.43 Å². The summed E-state index contributed by atoms with van der Waals surface area (Å²) in [5, 5.41) is 0. The van der Waals surface area contributed by atoms with Gasteiger partial charge in [-0.1, -0.05) is 42.5 Å². The van der Waals surface area contributed by atoms with Crippen molar-refractivity contribution in [1.29, 1.82) is 0 Å². The van der Waals surface area contributed by atoms with E-state index in [0.29, 0.717) is 17.9 Å². The maximum absolute atomic E-state index is 14.5. The Balaban J connectivity index is 1.71. The van der Waals surface area contributed by atoms with Crippen molar-refractivity contribution in [3.63, 3.8) is 0 Å². The smallest absolute Gasteiger partial charge is 0.267 e. The number of halogens is 3. The van der Waals surface area contributed by atoms with Crippen LogP contribution in [-0.2, 0) is 13.0 Å². The molecule has 0 aliphatic heterocycles. The van der Waals surface area contributed by atoms with Gasteiger partial charge in [0.15, 0.2) is 11.6 Å². The topological polar surface area (TPSA) is 18.5 Å². The average molecular weight is 426 g/mol. The number of allylic oxidation sites excluding steroid dienone is 1. The van der Waals surface area contributed by atoms with Gasteiger partial charge >= 0.3 is 0 Å². The zero-order valence-corrected chi connectivity index (χ0v) is 17.4. The highest BCUT2D eigenvalue weighted by molar-refractivity contribution is 5.69. The molecule has 0 radical (unpaired) electrons. The third kappa shape index (κ3) is 5.69. The molecule has 5 heteroatoms. The Labute approximate surface area is 180 Å². The second kappa shape index (κ2) is 10.7. The minimum atomic E-state index is -2.96. The number of benzene rings is 3. The van der Waals surface area contributed by atoms with Crippen LogP contribution in [0.15, 0.2) is 73.3 Å². The normalized spacial score (nSPS) is 10.9. The molecule has 3 aromatic carbocycles. The van der Waals surface area contributed by atoms with Gasteiger partial charge in [-0.3, -0.25) is 0 Å². The maximum Gasteiger partial charge on any atom is 0.267 e. The predicted octanol–water partition coefficient (Wildman–Crippen LogP) is 7.53. The van der Waals surface area contributed by atoms with Crippen LogP contribution in [0.25, 0.3) is 11.1 Å². The van der Waals surface area contributed by atoms with Gasteiger partial charge < -0.3 is 9.47 Å². The fraction of sp³-hybridized carbons (Fsp3) is 0.231. The second-order valence-electron chi connectivity index (χ2n) is 7.03. The van der Waals surface area contributed by atoms with Gasteiger partial charge in [0.05, 0.1) is 12.2 Å². The quantitative estimate of drug-likeness (QED) is 0.312. The highest BCUT2D eigenvalue weighted by Crippen LogP contribution is 2.37. The summed E-state index contributed by atoms with van der Waals surface area (Å²) in [5.41, 5.74) is 2.23. The first-order chi connectivity index (χ1) is 15.0. The summed E-state index contributed by atoms with van der Waals surface area (Å²) in [6, 6.07) is 17.7. The van der Waals surface area contributed by atoms with Crippen LogP contribution in [0.5, 0.6) is 11.5 Å². The third-order valence-electron chi connectivity index (χ3n) is 4.89. The van der Waals surface area contributed by atoms with Gasteiger partial charge in [0.2, 0.25) is 0 Å². The highest BCUT2D eigenvalue weighted by Gasteiger charge is 2.23. The van der Waals surface area contributed by atoms with Crippen molar-refractivity contribution in [2.45, 2.75) is 32.8 Å².